The largest absolute Gasteiger partial charge is 0.469 e. The molecule has 0 amide bonds. The molecule has 16 nitrogen and oxygen atoms in total. The molecule has 1 aliphatic heterocycles. The number of H-pyrrole nitrogens is 1. The molecule has 4 atom stereocenters. The standard InChI is InChI=1S/C17H19N6O10P/c18-17-19-14-11(15(26)20-17)21(5-8-2-1-3-9(4-8)23(27)28)7-22(14)16-13(25)12(24)10(33-16)6-32-34(29,30)31/h1-4,7,10,12-13,16,24-25H,5-6H2,(H4-,18,19,20,26,29,30,31)/p+1/t10-,12-,13-,16-/m1/s1. The number of fused-ring (bicyclic) bond motifs is 1. The monoisotopic (exact) mass is 499 g/mol. The lowest BCUT2D eigenvalue weighted by molar-refractivity contribution is -0.745. The zero-order chi connectivity index (χ0) is 24.8. The summed E-state index contributed by atoms with van der Waals surface area (Å²) in [5.74, 6) is -0.242. The van der Waals surface area contributed by atoms with E-state index < -0.39 is 49.5 Å². The van der Waals surface area contributed by atoms with Gasteiger partial charge in [-0.15, -0.1) is 0 Å². The maximum atomic E-state index is 12.7. The van der Waals surface area contributed by atoms with Gasteiger partial charge in [-0.1, -0.05) is 17.1 Å². The van der Waals surface area contributed by atoms with Gasteiger partial charge in [0.25, 0.3) is 17.2 Å². The van der Waals surface area contributed by atoms with Gasteiger partial charge >= 0.3 is 13.5 Å². The second kappa shape index (κ2) is 8.84. The number of phosphoric ester groups is 1. The van der Waals surface area contributed by atoms with E-state index in [-0.39, 0.29) is 29.3 Å². The molecule has 0 spiro atoms. The normalized spacial score (nSPS) is 22.9. The summed E-state index contributed by atoms with van der Waals surface area (Å²) in [5, 5.41) is 31.9. The molecule has 2 aromatic heterocycles. The lowest BCUT2D eigenvalue weighted by Gasteiger charge is -2.14. The van der Waals surface area contributed by atoms with Gasteiger partial charge in [0.2, 0.25) is 11.7 Å². The van der Waals surface area contributed by atoms with Crippen molar-refractivity contribution in [3.63, 3.8) is 0 Å². The van der Waals surface area contributed by atoms with Crippen LogP contribution in [0, 0.1) is 10.1 Å². The molecular weight excluding hydrogens is 479 g/mol. The molecule has 4 rings (SSSR count). The molecule has 1 aromatic carbocycles. The fraction of sp³-hybridized carbons (Fsp3) is 0.353. The van der Waals surface area contributed by atoms with Crippen LogP contribution >= 0.6 is 7.82 Å². The minimum absolute atomic E-state index is 0.000846. The molecule has 3 heterocycles. The van der Waals surface area contributed by atoms with Gasteiger partial charge in [-0.3, -0.25) is 29.0 Å². The van der Waals surface area contributed by atoms with Gasteiger partial charge < -0.3 is 30.5 Å². The number of aliphatic hydroxyl groups excluding tert-OH is 2. The first-order chi connectivity index (χ1) is 15.9. The number of aromatic nitrogens is 4. The van der Waals surface area contributed by atoms with Crippen molar-refractivity contribution in [3.05, 3.63) is 56.6 Å². The van der Waals surface area contributed by atoms with Gasteiger partial charge in [0.1, 0.15) is 18.3 Å². The van der Waals surface area contributed by atoms with Crippen LogP contribution in [-0.4, -0.2) is 64.4 Å². The van der Waals surface area contributed by atoms with E-state index in [4.69, 9.17) is 20.3 Å². The number of aromatic amines is 1. The Kier molecular flexibility index (Phi) is 6.22. The fourth-order valence-corrected chi connectivity index (χ4v) is 4.05. The number of imidazole rings is 1. The molecule has 0 radical (unpaired) electrons. The first-order valence-electron chi connectivity index (χ1n) is 9.69. The van der Waals surface area contributed by atoms with E-state index in [1.165, 1.54) is 33.7 Å². The Morgan fingerprint density at radius 2 is 2.09 bits per heavy atom. The highest BCUT2D eigenvalue weighted by atomic mass is 31.2. The Hall–Kier alpha value is -3.24. The molecular formula is C17H20N6O10P+. The predicted octanol–water partition coefficient (Wildman–Crippen LogP) is -1.72. The minimum Gasteiger partial charge on any atom is -0.387 e. The number of nitro benzene ring substituents is 1. The maximum Gasteiger partial charge on any atom is 0.469 e. The summed E-state index contributed by atoms with van der Waals surface area (Å²) in [5.41, 5.74) is 5.34. The van der Waals surface area contributed by atoms with Crippen molar-refractivity contribution in [2.24, 2.45) is 0 Å². The second-order valence-corrected chi connectivity index (χ2v) is 8.77. The Bertz CT molecular complexity index is 1350. The van der Waals surface area contributed by atoms with Crippen LogP contribution in [0.3, 0.4) is 0 Å². The van der Waals surface area contributed by atoms with Crippen LogP contribution in [0.5, 0.6) is 0 Å². The van der Waals surface area contributed by atoms with Gasteiger partial charge in [0.05, 0.1) is 18.1 Å². The molecule has 1 saturated heterocycles. The zero-order valence-electron chi connectivity index (χ0n) is 17.2. The lowest BCUT2D eigenvalue weighted by Crippen LogP contribution is -2.46. The quantitative estimate of drug-likeness (QED) is 0.0920. The third-order valence-electron chi connectivity index (χ3n) is 5.18. The van der Waals surface area contributed by atoms with Crippen molar-refractivity contribution in [3.8, 4) is 0 Å². The molecule has 7 N–H and O–H groups in total. The average Bonchev–Trinajstić information content (AvgIpc) is 3.23. The summed E-state index contributed by atoms with van der Waals surface area (Å²) in [6.07, 6.45) is -4.47. The summed E-state index contributed by atoms with van der Waals surface area (Å²) in [6.45, 7) is -0.724. The maximum absolute atomic E-state index is 12.7. The van der Waals surface area contributed by atoms with E-state index in [0.717, 1.165) is 0 Å². The minimum atomic E-state index is -4.86. The van der Waals surface area contributed by atoms with Gasteiger partial charge in [-0.2, -0.15) is 0 Å². The van der Waals surface area contributed by atoms with Crippen LogP contribution in [0.15, 0.2) is 35.4 Å². The van der Waals surface area contributed by atoms with E-state index in [1.54, 1.807) is 6.07 Å². The highest BCUT2D eigenvalue weighted by molar-refractivity contribution is 7.46. The molecule has 1 aliphatic rings. The number of hydrogen-bond donors (Lipinski definition) is 6. The van der Waals surface area contributed by atoms with Crippen molar-refractivity contribution in [2.75, 3.05) is 12.3 Å². The molecule has 3 aromatic rings. The van der Waals surface area contributed by atoms with Crippen LogP contribution in [0.2, 0.25) is 0 Å². The summed E-state index contributed by atoms with van der Waals surface area (Å²) in [4.78, 5) is 47.4. The molecule has 0 saturated carbocycles. The molecule has 0 unspecified atom stereocenters. The third-order valence-corrected chi connectivity index (χ3v) is 5.67. The van der Waals surface area contributed by atoms with Crippen molar-refractivity contribution in [2.45, 2.75) is 31.1 Å². The van der Waals surface area contributed by atoms with E-state index in [1.807, 2.05) is 0 Å². The van der Waals surface area contributed by atoms with Gasteiger partial charge in [0.15, 0.2) is 6.33 Å². The van der Waals surface area contributed by atoms with E-state index in [2.05, 4.69) is 14.5 Å². The Balaban J connectivity index is 1.74. The molecule has 182 valence electrons. The number of non-ortho nitro benzene ring substituents is 1. The average molecular weight is 499 g/mol. The number of nitrogens with one attached hydrogen (secondary N) is 1. The topological polar surface area (TPSA) is 240 Å². The van der Waals surface area contributed by atoms with Gasteiger partial charge in [-0.25, -0.2) is 9.13 Å². The highest BCUT2D eigenvalue weighted by Gasteiger charge is 2.47. The number of nitro groups is 1. The van der Waals surface area contributed by atoms with Crippen LogP contribution in [0.4, 0.5) is 11.6 Å². The number of hydrogen-bond acceptors (Lipinski definition) is 10. The Morgan fingerprint density at radius 1 is 1.35 bits per heavy atom. The smallest absolute Gasteiger partial charge is 0.387 e. The fourth-order valence-electron chi connectivity index (χ4n) is 3.71. The van der Waals surface area contributed by atoms with Crippen molar-refractivity contribution < 1.29 is 43.3 Å². The predicted molar refractivity (Wildman–Crippen MR) is 111 cm³/mol. The summed E-state index contributed by atoms with van der Waals surface area (Å²) in [7, 11) is -4.86. The number of rotatable bonds is 7. The van der Waals surface area contributed by atoms with Crippen LogP contribution in [0.25, 0.3) is 11.2 Å². The number of aliphatic hydroxyl groups is 2. The van der Waals surface area contributed by atoms with E-state index >= 15 is 0 Å². The van der Waals surface area contributed by atoms with E-state index in [9.17, 15) is 29.7 Å². The lowest BCUT2D eigenvalue weighted by atomic mass is 10.1. The first-order valence-corrected chi connectivity index (χ1v) is 11.2. The highest BCUT2D eigenvalue weighted by Crippen LogP contribution is 2.37. The SMILES string of the molecule is Nc1nc2c(c(=O)[nH]1)n(Cc1cccc([N+](=O)[O-])c1)c[n+]2[C@@H]1O[C@H](COP(=O)(O)O)[C@@H](O)[C@H]1O. The zero-order valence-corrected chi connectivity index (χ0v) is 18.1. The molecule has 34 heavy (non-hydrogen) atoms. The summed E-state index contributed by atoms with van der Waals surface area (Å²) in [6, 6.07) is 5.74. The van der Waals surface area contributed by atoms with Crippen LogP contribution in [-0.2, 0) is 20.4 Å². The van der Waals surface area contributed by atoms with Crippen molar-refractivity contribution >= 4 is 30.6 Å². The second-order valence-electron chi connectivity index (χ2n) is 7.53. The number of nitrogens with zero attached hydrogens (tertiary/aromatic N) is 4. The summed E-state index contributed by atoms with van der Waals surface area (Å²) < 4.78 is 23.5. The van der Waals surface area contributed by atoms with Crippen LogP contribution < -0.4 is 15.9 Å². The van der Waals surface area contributed by atoms with Crippen molar-refractivity contribution in [1.82, 2.24) is 14.5 Å². The number of nitrogen functional groups attached to an aromatic ring is 1. The first kappa shape index (κ1) is 23.9. The molecule has 1 fully saturated rings. The molecule has 0 aliphatic carbocycles. The number of benzene rings is 1. The Labute approximate surface area is 189 Å². The van der Waals surface area contributed by atoms with Gasteiger partial charge in [0, 0.05) is 12.1 Å². The number of nitrogens with two attached hydrogens (primary N) is 1. The number of anilines is 1. The van der Waals surface area contributed by atoms with E-state index in [0.29, 0.717) is 5.56 Å². The van der Waals surface area contributed by atoms with Gasteiger partial charge in [-0.05, 0) is 5.56 Å². The van der Waals surface area contributed by atoms with Crippen molar-refractivity contribution in [1.29, 1.82) is 0 Å². The molecule has 17 heteroatoms. The molecule has 0 bridgehead atoms. The summed E-state index contributed by atoms with van der Waals surface area (Å²) >= 11 is 0. The number of phosphoric acid groups is 1. The van der Waals surface area contributed by atoms with Crippen LogP contribution in [0.1, 0.15) is 11.8 Å². The number of ether oxygens (including phenoxy) is 1. The Morgan fingerprint density at radius 3 is 2.76 bits per heavy atom. The third kappa shape index (κ3) is 4.69.